The molecule has 0 unspecified atom stereocenters. The van der Waals surface area contributed by atoms with Crippen molar-refractivity contribution in [1.29, 1.82) is 0 Å². The molecule has 0 saturated heterocycles. The first kappa shape index (κ1) is 64.9. The molecule has 4 nitrogen and oxygen atoms in total. The number of hydrogen-bond donors (Lipinski definition) is 0. The fourth-order valence-electron chi connectivity index (χ4n) is 20.2. The van der Waals surface area contributed by atoms with E-state index in [4.69, 9.17) is 8.83 Å². The SMILES string of the molecule is CC(C)(C)c1cc2c3c(c1)N(c1ccccc1-c1ccc4c(c1)-c1ccccc1C4(c1ccccc1)c1ccccc1)c1cc(-c4ccc5oc6ccccc6c5c4)ccc1B3c1ccc(-c3ccc4oc5ccccc5c4c3)cc1N2c1ccccc1-c1ccc2c(c1)-c1ccccc1C2(c1ccccc1)c1ccccc1. The van der Waals surface area contributed by atoms with Gasteiger partial charge in [-0.1, -0.05) is 324 Å². The summed E-state index contributed by atoms with van der Waals surface area (Å²) >= 11 is 0. The Bertz CT molecular complexity index is 6630. The maximum absolute atomic E-state index is 6.52. The maximum atomic E-state index is 6.52. The molecule has 113 heavy (non-hydrogen) atoms. The standard InChI is InChI=1S/C108H73BN2O2/c1-106(2,3)78-66-99-105-100(67-78)111(96-45-25-19-37-80(96)73-49-55-92-86(63-73)82-39-17-23-43-90(82)108(92,76-32-12-6-13-33-76)77-34-14-7-15-35-77)98-65-71(69-53-59-104-88(61-69)84-41-21-27-47-102(84)113-104)51-57-94(98)109(105)93-56-50-70(68-52-58-103-87(60-68)83-40-20-26-46-101(83)112-103)64-97(93)110(99)95-44-24-18-36-79(95)72-48-54-91-85(62-72)81-38-16-22-42-89(81)107(91,74-28-8-4-9-29-74)75-30-10-5-11-31-75/h4-67H,1-3H3. The summed E-state index contributed by atoms with van der Waals surface area (Å²) in [6.45, 7) is 6.93. The van der Waals surface area contributed by atoms with Crippen LogP contribution in [0.15, 0.2) is 397 Å². The quantitative estimate of drug-likeness (QED) is 0.128. The largest absolute Gasteiger partial charge is 0.456 e. The number of hydrogen-bond acceptors (Lipinski definition) is 4. The Kier molecular flexibility index (Phi) is 14.2. The van der Waals surface area contributed by atoms with Crippen molar-refractivity contribution in [2.45, 2.75) is 37.0 Å². The normalized spacial score (nSPS) is 13.9. The maximum Gasteiger partial charge on any atom is 0.252 e. The van der Waals surface area contributed by atoms with Gasteiger partial charge in [0, 0.05) is 55.4 Å². The van der Waals surface area contributed by atoms with Gasteiger partial charge in [-0.2, -0.15) is 0 Å². The molecule has 19 aromatic rings. The smallest absolute Gasteiger partial charge is 0.252 e. The Morgan fingerprint density at radius 2 is 0.566 bits per heavy atom. The van der Waals surface area contributed by atoms with Gasteiger partial charge in [0.25, 0.3) is 6.71 Å². The lowest BCUT2D eigenvalue weighted by molar-refractivity contribution is 0.590. The molecule has 0 atom stereocenters. The molecule has 0 bridgehead atoms. The van der Waals surface area contributed by atoms with Gasteiger partial charge in [-0.3, -0.25) is 0 Å². The molecule has 4 aliphatic rings. The molecule has 0 radical (unpaired) electrons. The van der Waals surface area contributed by atoms with E-state index in [-0.39, 0.29) is 12.1 Å². The number of fused-ring (bicyclic) bond motifs is 16. The summed E-state index contributed by atoms with van der Waals surface area (Å²) in [6.07, 6.45) is 0. The van der Waals surface area contributed by atoms with Crippen molar-refractivity contribution < 1.29 is 8.83 Å². The summed E-state index contributed by atoms with van der Waals surface area (Å²) in [4.78, 5) is 5.31. The molecule has 4 heterocycles. The Morgan fingerprint density at radius 3 is 0.982 bits per heavy atom. The second-order valence-electron chi connectivity index (χ2n) is 32.1. The Morgan fingerprint density at radius 1 is 0.239 bits per heavy atom. The molecule has 530 valence electrons. The fourth-order valence-corrected chi connectivity index (χ4v) is 20.2. The third-order valence-corrected chi connectivity index (χ3v) is 25.2. The predicted molar refractivity (Wildman–Crippen MR) is 470 cm³/mol. The van der Waals surface area contributed by atoms with Crippen LogP contribution >= 0.6 is 0 Å². The molecule has 17 aromatic carbocycles. The van der Waals surface area contributed by atoms with Crippen LogP contribution in [-0.4, -0.2) is 6.71 Å². The van der Waals surface area contributed by atoms with Gasteiger partial charge in [0.15, 0.2) is 0 Å². The summed E-state index contributed by atoms with van der Waals surface area (Å²) in [6, 6.07) is 146. The zero-order valence-corrected chi connectivity index (χ0v) is 62.7. The van der Waals surface area contributed by atoms with E-state index in [9.17, 15) is 0 Å². The highest BCUT2D eigenvalue weighted by atomic mass is 16.3. The van der Waals surface area contributed by atoms with Crippen LogP contribution in [0, 0.1) is 0 Å². The van der Waals surface area contributed by atoms with Crippen molar-refractivity contribution in [3.63, 3.8) is 0 Å². The highest BCUT2D eigenvalue weighted by Gasteiger charge is 2.50. The Balaban J connectivity index is 0.781. The van der Waals surface area contributed by atoms with E-state index in [0.717, 1.165) is 123 Å². The molecule has 2 aliphatic carbocycles. The first-order valence-corrected chi connectivity index (χ1v) is 39.5. The van der Waals surface area contributed by atoms with E-state index in [1.165, 1.54) is 88.7 Å². The molecule has 0 amide bonds. The number of nitrogens with zero attached hydrogens (tertiary/aromatic N) is 2. The molecule has 2 aromatic heterocycles. The van der Waals surface area contributed by atoms with Gasteiger partial charge in [0.1, 0.15) is 22.3 Å². The number of rotatable bonds is 10. The Hall–Kier alpha value is -14.0. The first-order chi connectivity index (χ1) is 55.7. The van der Waals surface area contributed by atoms with Crippen LogP contribution in [0.3, 0.4) is 0 Å². The third kappa shape index (κ3) is 9.52. The lowest BCUT2D eigenvalue weighted by atomic mass is 9.33. The summed E-state index contributed by atoms with van der Waals surface area (Å²) in [5.74, 6) is 0. The van der Waals surface area contributed by atoms with E-state index in [2.05, 4.69) is 419 Å². The van der Waals surface area contributed by atoms with Crippen molar-refractivity contribution in [3.8, 4) is 66.8 Å². The molecule has 0 N–H and O–H groups in total. The molecule has 2 aliphatic heterocycles. The van der Waals surface area contributed by atoms with Crippen LogP contribution in [0.5, 0.6) is 0 Å². The van der Waals surface area contributed by atoms with Crippen LogP contribution in [-0.2, 0) is 16.2 Å². The van der Waals surface area contributed by atoms with Gasteiger partial charge >= 0.3 is 0 Å². The zero-order chi connectivity index (χ0) is 74.8. The zero-order valence-electron chi connectivity index (χ0n) is 62.7. The fraction of sp³-hybridized carbons (Fsp3) is 0.0556. The van der Waals surface area contributed by atoms with Gasteiger partial charge in [-0.05, 0) is 212 Å². The van der Waals surface area contributed by atoms with Gasteiger partial charge in [0.2, 0.25) is 0 Å². The van der Waals surface area contributed by atoms with Crippen LogP contribution in [0.25, 0.3) is 111 Å². The van der Waals surface area contributed by atoms with Crippen molar-refractivity contribution in [2.75, 3.05) is 9.80 Å². The second-order valence-corrected chi connectivity index (χ2v) is 32.1. The van der Waals surface area contributed by atoms with Gasteiger partial charge < -0.3 is 18.6 Å². The number of furan rings is 2. The van der Waals surface area contributed by atoms with Gasteiger partial charge in [0.05, 0.1) is 22.2 Å². The first-order valence-electron chi connectivity index (χ1n) is 39.5. The minimum Gasteiger partial charge on any atom is -0.456 e. The van der Waals surface area contributed by atoms with E-state index < -0.39 is 10.8 Å². The van der Waals surface area contributed by atoms with E-state index in [1.54, 1.807) is 0 Å². The minimum absolute atomic E-state index is 0.212. The van der Waals surface area contributed by atoms with Gasteiger partial charge in [-0.15, -0.1) is 0 Å². The van der Waals surface area contributed by atoms with Crippen molar-refractivity contribution >= 4 is 101 Å². The van der Waals surface area contributed by atoms with E-state index in [0.29, 0.717) is 0 Å². The average Bonchev–Trinajstić information content (AvgIpc) is 1.41. The minimum atomic E-state index is -0.547. The summed E-state index contributed by atoms with van der Waals surface area (Å²) in [5.41, 5.74) is 37.8. The summed E-state index contributed by atoms with van der Waals surface area (Å²) in [7, 11) is 0. The third-order valence-electron chi connectivity index (χ3n) is 25.2. The van der Waals surface area contributed by atoms with E-state index in [1.807, 2.05) is 0 Å². The average molecular weight is 1440 g/mol. The predicted octanol–water partition coefficient (Wildman–Crippen LogP) is 26.3. The number of anilines is 6. The summed E-state index contributed by atoms with van der Waals surface area (Å²) < 4.78 is 13.0. The van der Waals surface area contributed by atoms with Crippen molar-refractivity contribution in [1.82, 2.24) is 0 Å². The van der Waals surface area contributed by atoms with Crippen LogP contribution < -0.4 is 26.2 Å². The van der Waals surface area contributed by atoms with Crippen LogP contribution in [0.4, 0.5) is 34.1 Å². The van der Waals surface area contributed by atoms with Crippen LogP contribution in [0.2, 0.25) is 0 Å². The molecular formula is C108H73BN2O2. The van der Waals surface area contributed by atoms with Crippen molar-refractivity contribution in [2.24, 2.45) is 0 Å². The highest BCUT2D eigenvalue weighted by molar-refractivity contribution is 7.00. The molecule has 0 saturated carbocycles. The second kappa shape index (κ2) is 24.8. The number of para-hydroxylation sites is 4. The molecular weight excluding hydrogens is 1370 g/mol. The molecule has 0 spiro atoms. The molecule has 0 fully saturated rings. The summed E-state index contributed by atoms with van der Waals surface area (Å²) in [5, 5.41) is 4.40. The highest BCUT2D eigenvalue weighted by Crippen LogP contribution is 2.60. The van der Waals surface area contributed by atoms with Crippen molar-refractivity contribution in [3.05, 3.63) is 438 Å². The topological polar surface area (TPSA) is 32.8 Å². The number of benzene rings is 17. The van der Waals surface area contributed by atoms with Crippen LogP contribution in [0.1, 0.15) is 70.8 Å². The molecule has 23 rings (SSSR count). The lowest BCUT2D eigenvalue weighted by Crippen LogP contribution is -2.61. The Labute approximate surface area is 657 Å². The molecule has 5 heteroatoms. The monoisotopic (exact) mass is 1440 g/mol. The van der Waals surface area contributed by atoms with E-state index >= 15 is 0 Å². The van der Waals surface area contributed by atoms with Gasteiger partial charge in [-0.25, -0.2) is 0 Å². The lowest BCUT2D eigenvalue weighted by Gasteiger charge is -2.46.